The van der Waals surface area contributed by atoms with E-state index >= 15 is 0 Å². The van der Waals surface area contributed by atoms with Crippen LogP contribution in [0, 0.1) is 0 Å². The lowest BCUT2D eigenvalue weighted by molar-refractivity contribution is -0.128. The van der Waals surface area contributed by atoms with Gasteiger partial charge in [-0.25, -0.2) is 0 Å². The molecule has 2 nitrogen and oxygen atoms in total. The van der Waals surface area contributed by atoms with E-state index in [2.05, 4.69) is 0 Å². The van der Waals surface area contributed by atoms with Crippen molar-refractivity contribution in [2.45, 2.75) is 19.9 Å². The highest BCUT2D eigenvalue weighted by molar-refractivity contribution is 6.27. The molecule has 0 aliphatic carbocycles. The Kier molecular flexibility index (Phi) is 3.62. The van der Waals surface area contributed by atoms with Crippen molar-refractivity contribution in [3.05, 3.63) is 0 Å². The van der Waals surface area contributed by atoms with Crippen molar-refractivity contribution < 1.29 is 4.79 Å². The van der Waals surface area contributed by atoms with Crippen molar-refractivity contribution in [1.29, 1.82) is 0 Å². The molecule has 0 aromatic heterocycles. The van der Waals surface area contributed by atoms with Crippen molar-refractivity contribution in [3.63, 3.8) is 0 Å². The largest absolute Gasteiger partial charge is 0.342 e. The predicted molar refractivity (Wildman–Crippen MR) is 38.6 cm³/mol. The van der Waals surface area contributed by atoms with Gasteiger partial charge in [0.1, 0.15) is 5.88 Å². The van der Waals surface area contributed by atoms with Crippen molar-refractivity contribution in [2.75, 3.05) is 12.9 Å². The quantitative estimate of drug-likeness (QED) is 0.539. The summed E-state index contributed by atoms with van der Waals surface area (Å²) in [7, 11) is 1.75. The van der Waals surface area contributed by atoms with E-state index in [9.17, 15) is 4.79 Å². The standard InChI is InChI=1S/C6H12ClNO/c1-5(2)8(3)6(9)4-7/h5H,4H2,1-3H3. The topological polar surface area (TPSA) is 20.3 Å². The second kappa shape index (κ2) is 3.72. The van der Waals surface area contributed by atoms with E-state index in [1.54, 1.807) is 11.9 Å². The predicted octanol–water partition coefficient (Wildman–Crippen LogP) is 1.09. The van der Waals surface area contributed by atoms with Crippen LogP contribution in [0.15, 0.2) is 0 Å². The van der Waals surface area contributed by atoms with E-state index < -0.39 is 0 Å². The van der Waals surface area contributed by atoms with Gasteiger partial charge in [0.05, 0.1) is 0 Å². The first kappa shape index (κ1) is 8.76. The highest BCUT2D eigenvalue weighted by Crippen LogP contribution is 1.94. The summed E-state index contributed by atoms with van der Waals surface area (Å²) in [6, 6.07) is 0.247. The van der Waals surface area contributed by atoms with Crippen molar-refractivity contribution in [2.24, 2.45) is 0 Å². The SMILES string of the molecule is CC(C)N(C)C(=O)CCl. The number of carbonyl (C=O) groups is 1. The minimum Gasteiger partial charge on any atom is -0.342 e. The molecule has 1 amide bonds. The molecule has 0 aromatic rings. The van der Waals surface area contributed by atoms with Crippen LogP contribution in [0.3, 0.4) is 0 Å². The molecule has 0 heterocycles. The third-order valence-corrected chi connectivity index (χ3v) is 1.51. The molecule has 0 aliphatic rings. The van der Waals surface area contributed by atoms with Gasteiger partial charge < -0.3 is 4.90 Å². The zero-order valence-corrected chi connectivity index (χ0v) is 6.77. The molecule has 0 saturated carbocycles. The highest BCUT2D eigenvalue weighted by atomic mass is 35.5. The minimum absolute atomic E-state index is 0.0216. The molecular weight excluding hydrogens is 138 g/mol. The molecule has 0 aromatic carbocycles. The monoisotopic (exact) mass is 149 g/mol. The molecule has 0 N–H and O–H groups in total. The summed E-state index contributed by atoms with van der Waals surface area (Å²) in [5.74, 6) is 0.0565. The van der Waals surface area contributed by atoms with E-state index in [-0.39, 0.29) is 17.8 Å². The summed E-state index contributed by atoms with van der Waals surface area (Å²) >= 11 is 5.30. The van der Waals surface area contributed by atoms with Crippen LogP contribution >= 0.6 is 11.6 Å². The normalized spacial score (nSPS) is 9.89. The van der Waals surface area contributed by atoms with E-state index in [0.717, 1.165) is 0 Å². The molecule has 0 unspecified atom stereocenters. The van der Waals surface area contributed by atoms with Gasteiger partial charge in [0.2, 0.25) is 5.91 Å². The van der Waals surface area contributed by atoms with Crippen LogP contribution in [0.1, 0.15) is 13.8 Å². The molecule has 0 atom stereocenters. The van der Waals surface area contributed by atoms with Gasteiger partial charge in [-0.05, 0) is 13.8 Å². The first-order chi connectivity index (χ1) is 4.09. The van der Waals surface area contributed by atoms with Gasteiger partial charge in [-0.1, -0.05) is 0 Å². The van der Waals surface area contributed by atoms with E-state index in [1.807, 2.05) is 13.8 Å². The fraction of sp³-hybridized carbons (Fsp3) is 0.833. The van der Waals surface area contributed by atoms with Crippen LogP contribution in [-0.2, 0) is 4.79 Å². The number of halogens is 1. The highest BCUT2D eigenvalue weighted by Gasteiger charge is 2.08. The Morgan fingerprint density at radius 1 is 1.67 bits per heavy atom. The number of hydrogen-bond donors (Lipinski definition) is 0. The Labute approximate surface area is 60.8 Å². The van der Waals surface area contributed by atoms with Crippen molar-refractivity contribution in [3.8, 4) is 0 Å². The molecule has 0 fully saturated rings. The number of carbonyl (C=O) groups excluding carboxylic acids is 1. The first-order valence-electron chi connectivity index (χ1n) is 2.91. The summed E-state index contributed by atoms with van der Waals surface area (Å²) in [4.78, 5) is 12.4. The molecule has 3 heteroatoms. The average Bonchev–Trinajstić information content (AvgIpc) is 1.84. The Bertz CT molecular complexity index is 103. The van der Waals surface area contributed by atoms with E-state index in [4.69, 9.17) is 11.6 Å². The maximum atomic E-state index is 10.7. The lowest BCUT2D eigenvalue weighted by Crippen LogP contribution is -2.33. The molecule has 9 heavy (non-hydrogen) atoms. The van der Waals surface area contributed by atoms with E-state index in [1.165, 1.54) is 0 Å². The summed E-state index contributed by atoms with van der Waals surface area (Å²) in [5.41, 5.74) is 0. The second-order valence-electron chi connectivity index (χ2n) is 2.23. The molecule has 0 bridgehead atoms. The number of amides is 1. The van der Waals surface area contributed by atoms with Crippen molar-refractivity contribution in [1.82, 2.24) is 4.90 Å². The van der Waals surface area contributed by atoms with Crippen LogP contribution < -0.4 is 0 Å². The second-order valence-corrected chi connectivity index (χ2v) is 2.50. The summed E-state index contributed by atoms with van der Waals surface area (Å²) in [5, 5.41) is 0. The Balaban J connectivity index is 3.72. The fourth-order valence-electron chi connectivity index (χ4n) is 0.382. The molecule has 54 valence electrons. The van der Waals surface area contributed by atoms with Gasteiger partial charge in [-0.2, -0.15) is 0 Å². The third kappa shape index (κ3) is 2.70. The molecule has 0 aliphatic heterocycles. The van der Waals surface area contributed by atoms with Gasteiger partial charge in [0.15, 0.2) is 0 Å². The molecule has 0 rings (SSSR count). The first-order valence-corrected chi connectivity index (χ1v) is 3.44. The Morgan fingerprint density at radius 2 is 2.11 bits per heavy atom. The number of nitrogens with zero attached hydrogens (tertiary/aromatic N) is 1. The number of rotatable bonds is 2. The summed E-state index contributed by atoms with van der Waals surface area (Å²) in [6.07, 6.45) is 0. The van der Waals surface area contributed by atoms with Gasteiger partial charge in [0, 0.05) is 13.1 Å². The molecular formula is C6H12ClNO. The third-order valence-electron chi connectivity index (χ3n) is 1.28. The van der Waals surface area contributed by atoms with Gasteiger partial charge in [-0.3, -0.25) is 4.79 Å². The van der Waals surface area contributed by atoms with Gasteiger partial charge in [0.25, 0.3) is 0 Å². The minimum atomic E-state index is -0.0216. The Morgan fingerprint density at radius 3 is 2.22 bits per heavy atom. The van der Waals surface area contributed by atoms with Crippen molar-refractivity contribution >= 4 is 17.5 Å². The maximum Gasteiger partial charge on any atom is 0.237 e. The number of hydrogen-bond acceptors (Lipinski definition) is 1. The van der Waals surface area contributed by atoms with Crippen LogP contribution in [0.2, 0.25) is 0 Å². The zero-order chi connectivity index (χ0) is 7.44. The number of alkyl halides is 1. The zero-order valence-electron chi connectivity index (χ0n) is 6.02. The summed E-state index contributed by atoms with van der Waals surface area (Å²) in [6.45, 7) is 3.90. The van der Waals surface area contributed by atoms with Gasteiger partial charge in [-0.15, -0.1) is 11.6 Å². The average molecular weight is 150 g/mol. The summed E-state index contributed by atoms with van der Waals surface area (Å²) < 4.78 is 0. The van der Waals surface area contributed by atoms with Crippen LogP contribution in [-0.4, -0.2) is 29.8 Å². The lowest BCUT2D eigenvalue weighted by atomic mass is 10.3. The van der Waals surface area contributed by atoms with Crippen LogP contribution in [0.4, 0.5) is 0 Å². The maximum absolute atomic E-state index is 10.7. The van der Waals surface area contributed by atoms with E-state index in [0.29, 0.717) is 0 Å². The fourth-order valence-corrected chi connectivity index (χ4v) is 0.571. The molecule has 0 spiro atoms. The Hall–Kier alpha value is -0.240. The lowest BCUT2D eigenvalue weighted by Gasteiger charge is -2.19. The van der Waals surface area contributed by atoms with Crippen LogP contribution in [0.5, 0.6) is 0 Å². The smallest absolute Gasteiger partial charge is 0.237 e. The molecule has 0 radical (unpaired) electrons. The van der Waals surface area contributed by atoms with Gasteiger partial charge >= 0.3 is 0 Å². The van der Waals surface area contributed by atoms with Crippen LogP contribution in [0.25, 0.3) is 0 Å². The molecule has 0 saturated heterocycles.